The van der Waals surface area contributed by atoms with Crippen LogP contribution in [0.2, 0.25) is 0 Å². The molecule has 1 amide bonds. The van der Waals surface area contributed by atoms with Crippen molar-refractivity contribution in [3.05, 3.63) is 44.8 Å². The fraction of sp³-hybridized carbons (Fsp3) is 0.167. The number of nitrogens with zero attached hydrogens (tertiary/aromatic N) is 1. The molecule has 1 atom stereocenters. The molecule has 0 aliphatic carbocycles. The molecule has 4 nitrogen and oxygen atoms in total. The zero-order valence-corrected chi connectivity index (χ0v) is 12.1. The van der Waals surface area contributed by atoms with Crippen molar-refractivity contribution in [2.75, 3.05) is 5.32 Å². The summed E-state index contributed by atoms with van der Waals surface area (Å²) in [6, 6.07) is 6.95. The van der Waals surface area contributed by atoms with Crippen LogP contribution in [0.15, 0.2) is 34.1 Å². The monoisotopic (exact) mass is 325 g/mol. The lowest BCUT2D eigenvalue weighted by Crippen LogP contribution is -2.27. The van der Waals surface area contributed by atoms with Gasteiger partial charge in [-0.25, -0.2) is 4.98 Å². The normalized spacial score (nSPS) is 12.1. The van der Waals surface area contributed by atoms with Gasteiger partial charge >= 0.3 is 0 Å². The van der Waals surface area contributed by atoms with E-state index in [1.807, 2.05) is 36.6 Å². The SMILES string of the molecule is Cc1csc(C(Nc2ccccc2Br)C(N)=O)n1. The Balaban J connectivity index is 2.28. The summed E-state index contributed by atoms with van der Waals surface area (Å²) in [6.45, 7) is 1.89. The van der Waals surface area contributed by atoms with Crippen LogP contribution in [0.4, 0.5) is 5.69 Å². The van der Waals surface area contributed by atoms with Gasteiger partial charge in [-0.2, -0.15) is 0 Å². The number of hydrogen-bond acceptors (Lipinski definition) is 4. The van der Waals surface area contributed by atoms with E-state index in [4.69, 9.17) is 5.73 Å². The summed E-state index contributed by atoms with van der Waals surface area (Å²) in [7, 11) is 0. The Kier molecular flexibility index (Phi) is 3.98. The van der Waals surface area contributed by atoms with E-state index in [1.54, 1.807) is 0 Å². The first-order valence-electron chi connectivity index (χ1n) is 5.30. The van der Waals surface area contributed by atoms with Crippen LogP contribution >= 0.6 is 27.3 Å². The van der Waals surface area contributed by atoms with E-state index in [0.29, 0.717) is 5.01 Å². The van der Waals surface area contributed by atoms with Gasteiger partial charge in [-0.15, -0.1) is 11.3 Å². The van der Waals surface area contributed by atoms with E-state index in [0.717, 1.165) is 15.9 Å². The van der Waals surface area contributed by atoms with Gasteiger partial charge in [0.1, 0.15) is 5.01 Å². The lowest BCUT2D eigenvalue weighted by atomic mass is 10.2. The van der Waals surface area contributed by atoms with Crippen LogP contribution in [0.3, 0.4) is 0 Å². The Bertz CT molecular complexity index is 570. The van der Waals surface area contributed by atoms with Gasteiger partial charge in [-0.1, -0.05) is 12.1 Å². The molecule has 0 spiro atoms. The van der Waals surface area contributed by atoms with Crippen LogP contribution in [0.25, 0.3) is 0 Å². The third kappa shape index (κ3) is 2.88. The number of nitrogens with two attached hydrogens (primary N) is 1. The van der Waals surface area contributed by atoms with E-state index in [9.17, 15) is 4.79 Å². The number of amides is 1. The van der Waals surface area contributed by atoms with Gasteiger partial charge in [0.15, 0.2) is 6.04 Å². The molecule has 1 unspecified atom stereocenters. The maximum atomic E-state index is 11.5. The number of carbonyl (C=O) groups excluding carboxylic acids is 1. The summed E-state index contributed by atoms with van der Waals surface area (Å²) >= 11 is 4.84. The minimum atomic E-state index is -0.609. The summed E-state index contributed by atoms with van der Waals surface area (Å²) in [5.74, 6) is -0.444. The number of thiazole rings is 1. The second-order valence-electron chi connectivity index (χ2n) is 3.79. The molecule has 18 heavy (non-hydrogen) atoms. The van der Waals surface area contributed by atoms with Crippen molar-refractivity contribution in [1.82, 2.24) is 4.98 Å². The standard InChI is InChI=1S/C12H12BrN3OS/c1-7-6-18-12(15-7)10(11(14)17)16-9-5-3-2-4-8(9)13/h2-6,10,16H,1H3,(H2,14,17). The zero-order valence-electron chi connectivity index (χ0n) is 9.68. The minimum Gasteiger partial charge on any atom is -0.368 e. The molecule has 1 aromatic heterocycles. The van der Waals surface area contributed by atoms with Gasteiger partial charge in [-0.3, -0.25) is 4.79 Å². The number of para-hydroxylation sites is 1. The molecule has 0 aliphatic rings. The number of benzene rings is 1. The van der Waals surface area contributed by atoms with Crippen LogP contribution in [0.1, 0.15) is 16.7 Å². The molecule has 0 bridgehead atoms. The number of carbonyl (C=O) groups is 1. The maximum Gasteiger partial charge on any atom is 0.247 e. The summed E-state index contributed by atoms with van der Waals surface area (Å²) < 4.78 is 0.879. The molecule has 3 N–H and O–H groups in total. The Morgan fingerprint density at radius 2 is 2.22 bits per heavy atom. The van der Waals surface area contributed by atoms with Crippen LogP contribution < -0.4 is 11.1 Å². The topological polar surface area (TPSA) is 68.0 Å². The highest BCUT2D eigenvalue weighted by Crippen LogP contribution is 2.27. The van der Waals surface area contributed by atoms with Gasteiger partial charge in [-0.05, 0) is 35.0 Å². The van der Waals surface area contributed by atoms with E-state index >= 15 is 0 Å². The Labute approximate surface area is 117 Å². The number of anilines is 1. The first-order chi connectivity index (χ1) is 8.58. The molecule has 0 radical (unpaired) electrons. The van der Waals surface area contributed by atoms with Crippen LogP contribution in [-0.4, -0.2) is 10.9 Å². The highest BCUT2D eigenvalue weighted by atomic mass is 79.9. The Morgan fingerprint density at radius 1 is 1.50 bits per heavy atom. The highest BCUT2D eigenvalue weighted by molar-refractivity contribution is 9.10. The molecule has 1 heterocycles. The molecule has 0 saturated carbocycles. The first-order valence-corrected chi connectivity index (χ1v) is 6.97. The average Bonchev–Trinajstić information content (AvgIpc) is 2.74. The van der Waals surface area contributed by atoms with Gasteiger partial charge in [0.05, 0.1) is 0 Å². The van der Waals surface area contributed by atoms with Crippen molar-refractivity contribution in [3.63, 3.8) is 0 Å². The third-order valence-electron chi connectivity index (χ3n) is 2.34. The van der Waals surface area contributed by atoms with Gasteiger partial charge < -0.3 is 11.1 Å². The highest BCUT2D eigenvalue weighted by Gasteiger charge is 2.21. The average molecular weight is 326 g/mol. The van der Waals surface area contributed by atoms with E-state index < -0.39 is 11.9 Å². The number of aryl methyl sites for hydroxylation is 1. The molecule has 0 saturated heterocycles. The summed E-state index contributed by atoms with van der Waals surface area (Å²) in [5, 5.41) is 5.68. The van der Waals surface area contributed by atoms with Gasteiger partial charge in [0.2, 0.25) is 5.91 Å². The smallest absolute Gasteiger partial charge is 0.247 e. The molecule has 94 valence electrons. The molecule has 0 fully saturated rings. The van der Waals surface area contributed by atoms with Crippen molar-refractivity contribution >= 4 is 38.9 Å². The predicted molar refractivity (Wildman–Crippen MR) is 76.6 cm³/mol. The van der Waals surface area contributed by atoms with Crippen LogP contribution in [0.5, 0.6) is 0 Å². The fourth-order valence-corrected chi connectivity index (χ4v) is 2.74. The maximum absolute atomic E-state index is 11.5. The van der Waals surface area contributed by atoms with E-state index in [1.165, 1.54) is 11.3 Å². The van der Waals surface area contributed by atoms with Crippen molar-refractivity contribution < 1.29 is 4.79 Å². The lowest BCUT2D eigenvalue weighted by Gasteiger charge is -2.15. The molecule has 6 heteroatoms. The van der Waals surface area contributed by atoms with Gasteiger partial charge in [0.25, 0.3) is 0 Å². The largest absolute Gasteiger partial charge is 0.368 e. The minimum absolute atomic E-state index is 0.444. The number of rotatable bonds is 4. The van der Waals surface area contributed by atoms with E-state index in [-0.39, 0.29) is 0 Å². The fourth-order valence-electron chi connectivity index (χ4n) is 1.49. The Hall–Kier alpha value is -1.40. The molecule has 1 aromatic carbocycles. The van der Waals surface area contributed by atoms with E-state index in [2.05, 4.69) is 26.2 Å². The van der Waals surface area contributed by atoms with Gasteiger partial charge in [0, 0.05) is 21.2 Å². The Morgan fingerprint density at radius 3 is 2.78 bits per heavy atom. The molecule has 0 aliphatic heterocycles. The first kappa shape index (κ1) is 13.0. The van der Waals surface area contributed by atoms with Crippen molar-refractivity contribution in [1.29, 1.82) is 0 Å². The number of halogens is 1. The quantitative estimate of drug-likeness (QED) is 0.908. The van der Waals surface area contributed by atoms with Crippen molar-refractivity contribution in [3.8, 4) is 0 Å². The number of primary amides is 1. The second-order valence-corrected chi connectivity index (χ2v) is 5.53. The number of hydrogen-bond donors (Lipinski definition) is 2. The number of aromatic nitrogens is 1. The van der Waals surface area contributed by atoms with Crippen molar-refractivity contribution in [2.45, 2.75) is 13.0 Å². The second kappa shape index (κ2) is 5.49. The molecular formula is C12H12BrN3OS. The lowest BCUT2D eigenvalue weighted by molar-refractivity contribution is -0.118. The summed E-state index contributed by atoms with van der Waals surface area (Å²) in [6.07, 6.45) is 0. The van der Waals surface area contributed by atoms with Crippen LogP contribution in [-0.2, 0) is 4.79 Å². The zero-order chi connectivity index (χ0) is 13.1. The predicted octanol–water partition coefficient (Wildman–Crippen LogP) is 2.85. The van der Waals surface area contributed by atoms with Crippen LogP contribution in [0, 0.1) is 6.92 Å². The van der Waals surface area contributed by atoms with Crippen molar-refractivity contribution in [2.24, 2.45) is 5.73 Å². The number of nitrogens with one attached hydrogen (secondary N) is 1. The molecular weight excluding hydrogens is 314 g/mol. The summed E-state index contributed by atoms with van der Waals surface area (Å²) in [5.41, 5.74) is 7.12. The summed E-state index contributed by atoms with van der Waals surface area (Å²) in [4.78, 5) is 15.8. The third-order valence-corrected chi connectivity index (χ3v) is 4.06. The molecule has 2 rings (SSSR count). The molecule has 2 aromatic rings.